The molecule has 15 heavy (non-hydrogen) atoms. The maximum Gasteiger partial charge on any atom is 0.313 e. The molecule has 0 saturated heterocycles. The minimum atomic E-state index is -0.811. The van der Waals surface area contributed by atoms with Gasteiger partial charge in [-0.25, -0.2) is 0 Å². The van der Waals surface area contributed by atoms with Crippen molar-refractivity contribution < 1.29 is 15.0 Å². The summed E-state index contributed by atoms with van der Waals surface area (Å²) in [7, 11) is 0. The highest BCUT2D eigenvalue weighted by Gasteiger charge is 2.06. The maximum atomic E-state index is 10.2. The summed E-state index contributed by atoms with van der Waals surface area (Å²) in [5.74, 6) is -0.0571. The maximum absolute atomic E-state index is 10.2. The molecule has 1 rings (SSSR count). The predicted molar refractivity (Wildman–Crippen MR) is 61.0 cm³/mol. The molecule has 2 N–H and O–H groups in total. The summed E-state index contributed by atoms with van der Waals surface area (Å²) in [6.07, 6.45) is 0.0922. The van der Waals surface area contributed by atoms with Gasteiger partial charge in [0.05, 0.1) is 11.9 Å². The molecular formula is C11H14O3S. The van der Waals surface area contributed by atoms with Gasteiger partial charge in [-0.3, -0.25) is 4.79 Å². The molecule has 0 radical (unpaired) electrons. The van der Waals surface area contributed by atoms with E-state index in [0.29, 0.717) is 12.2 Å². The zero-order valence-electron chi connectivity index (χ0n) is 8.30. The second kappa shape index (κ2) is 6.48. The first kappa shape index (κ1) is 12.1. The quantitative estimate of drug-likeness (QED) is 0.728. The fraction of sp³-hybridized carbons (Fsp3) is 0.364. The van der Waals surface area contributed by atoms with Gasteiger partial charge in [0.25, 0.3) is 0 Å². The second-order valence-corrected chi connectivity index (χ2v) is 4.27. The van der Waals surface area contributed by atoms with Crippen LogP contribution in [-0.4, -0.2) is 27.7 Å². The monoisotopic (exact) mass is 226 g/mol. The Bertz CT molecular complexity index is 300. The first-order chi connectivity index (χ1) is 7.20. The molecule has 0 amide bonds. The molecule has 1 aromatic carbocycles. The molecule has 0 aromatic heterocycles. The van der Waals surface area contributed by atoms with Gasteiger partial charge in [-0.05, 0) is 17.7 Å². The van der Waals surface area contributed by atoms with Crippen LogP contribution in [0.3, 0.4) is 0 Å². The van der Waals surface area contributed by atoms with Crippen molar-refractivity contribution in [1.29, 1.82) is 0 Å². The van der Waals surface area contributed by atoms with E-state index in [0.717, 1.165) is 5.56 Å². The van der Waals surface area contributed by atoms with E-state index in [4.69, 9.17) is 5.11 Å². The average Bonchev–Trinajstić information content (AvgIpc) is 2.25. The molecule has 0 aliphatic carbocycles. The molecule has 0 spiro atoms. The molecule has 0 saturated carbocycles. The van der Waals surface area contributed by atoms with Crippen molar-refractivity contribution in [2.24, 2.45) is 0 Å². The number of thioether (sulfide) groups is 1. The van der Waals surface area contributed by atoms with E-state index in [2.05, 4.69) is 0 Å². The van der Waals surface area contributed by atoms with Gasteiger partial charge in [0.2, 0.25) is 0 Å². The molecule has 0 unspecified atom stereocenters. The highest BCUT2D eigenvalue weighted by atomic mass is 32.2. The summed E-state index contributed by atoms with van der Waals surface area (Å²) in [5, 5.41) is 18.1. The molecule has 0 aliphatic heterocycles. The minimum absolute atomic E-state index is 0.0987. The largest absolute Gasteiger partial charge is 0.481 e. The van der Waals surface area contributed by atoms with Gasteiger partial charge in [0.1, 0.15) is 0 Å². The van der Waals surface area contributed by atoms with E-state index in [1.165, 1.54) is 11.8 Å². The Labute approximate surface area is 93.1 Å². The first-order valence-corrected chi connectivity index (χ1v) is 5.88. The highest BCUT2D eigenvalue weighted by molar-refractivity contribution is 7.99. The summed E-state index contributed by atoms with van der Waals surface area (Å²) in [6.45, 7) is 0. The van der Waals surface area contributed by atoms with Gasteiger partial charge in [-0.15, -0.1) is 0 Å². The Hall–Kier alpha value is -1.00. The Kier molecular flexibility index (Phi) is 5.21. The van der Waals surface area contributed by atoms with Gasteiger partial charge >= 0.3 is 5.97 Å². The Balaban J connectivity index is 2.25. The van der Waals surface area contributed by atoms with Crippen molar-refractivity contribution >= 4 is 17.7 Å². The van der Waals surface area contributed by atoms with E-state index in [1.807, 2.05) is 30.3 Å². The fourth-order valence-corrected chi connectivity index (χ4v) is 1.91. The van der Waals surface area contributed by atoms with E-state index in [9.17, 15) is 9.90 Å². The first-order valence-electron chi connectivity index (χ1n) is 4.72. The molecule has 1 atom stereocenters. The molecule has 82 valence electrons. The van der Waals surface area contributed by atoms with Crippen LogP contribution in [0.4, 0.5) is 0 Å². The number of benzene rings is 1. The third-order valence-corrected chi connectivity index (χ3v) is 2.92. The molecule has 3 nitrogen and oxygen atoms in total. The predicted octanol–water partition coefficient (Wildman–Crippen LogP) is 1.93. The van der Waals surface area contributed by atoms with Crippen molar-refractivity contribution in [2.75, 3.05) is 11.5 Å². The normalized spacial score (nSPS) is 12.3. The summed E-state index contributed by atoms with van der Waals surface area (Å²) in [5.41, 5.74) is 0.883. The minimum Gasteiger partial charge on any atom is -0.481 e. The van der Waals surface area contributed by atoms with Crippen LogP contribution in [0.1, 0.15) is 18.1 Å². The number of carboxylic acids is 1. The van der Waals surface area contributed by atoms with Gasteiger partial charge in [0.15, 0.2) is 0 Å². The lowest BCUT2D eigenvalue weighted by atomic mass is 10.1. The molecule has 1 aromatic rings. The summed E-state index contributed by atoms with van der Waals surface area (Å²) in [6, 6.07) is 9.39. The number of carbonyl (C=O) groups is 1. The average molecular weight is 226 g/mol. The lowest BCUT2D eigenvalue weighted by molar-refractivity contribution is -0.133. The topological polar surface area (TPSA) is 57.5 Å². The summed E-state index contributed by atoms with van der Waals surface area (Å²) >= 11 is 1.32. The second-order valence-electron chi connectivity index (χ2n) is 3.16. The lowest BCUT2D eigenvalue weighted by Gasteiger charge is -2.09. The van der Waals surface area contributed by atoms with E-state index >= 15 is 0 Å². The Morgan fingerprint density at radius 2 is 2.00 bits per heavy atom. The summed E-state index contributed by atoms with van der Waals surface area (Å²) in [4.78, 5) is 10.2. The molecule has 0 bridgehead atoms. The standard InChI is InChI=1S/C11H14O3S/c12-10(6-7-15-8-11(13)14)9-4-2-1-3-5-9/h1-5,10,12H,6-8H2,(H,13,14)/t10-/m1/s1. The highest BCUT2D eigenvalue weighted by Crippen LogP contribution is 2.18. The number of rotatable bonds is 6. The van der Waals surface area contributed by atoms with Crippen molar-refractivity contribution in [3.8, 4) is 0 Å². The van der Waals surface area contributed by atoms with Gasteiger partial charge < -0.3 is 10.2 Å². The smallest absolute Gasteiger partial charge is 0.313 e. The molecule has 4 heteroatoms. The van der Waals surface area contributed by atoms with Crippen molar-refractivity contribution in [3.05, 3.63) is 35.9 Å². The van der Waals surface area contributed by atoms with Crippen LogP contribution in [0.5, 0.6) is 0 Å². The van der Waals surface area contributed by atoms with Crippen LogP contribution in [0, 0.1) is 0 Å². The van der Waals surface area contributed by atoms with E-state index < -0.39 is 12.1 Å². The number of aliphatic hydroxyl groups is 1. The van der Waals surface area contributed by atoms with Crippen molar-refractivity contribution in [2.45, 2.75) is 12.5 Å². The molecule has 0 heterocycles. The third-order valence-electron chi connectivity index (χ3n) is 1.95. The summed E-state index contributed by atoms with van der Waals surface area (Å²) < 4.78 is 0. The van der Waals surface area contributed by atoms with Crippen LogP contribution in [-0.2, 0) is 4.79 Å². The van der Waals surface area contributed by atoms with E-state index in [-0.39, 0.29) is 5.75 Å². The number of hydrogen-bond acceptors (Lipinski definition) is 3. The van der Waals surface area contributed by atoms with Crippen LogP contribution < -0.4 is 0 Å². The zero-order valence-corrected chi connectivity index (χ0v) is 9.11. The van der Waals surface area contributed by atoms with Gasteiger partial charge in [-0.1, -0.05) is 30.3 Å². The third kappa shape index (κ3) is 4.85. The van der Waals surface area contributed by atoms with Crippen LogP contribution >= 0.6 is 11.8 Å². The van der Waals surface area contributed by atoms with Crippen LogP contribution in [0.15, 0.2) is 30.3 Å². The van der Waals surface area contributed by atoms with Crippen molar-refractivity contribution in [3.63, 3.8) is 0 Å². The number of hydrogen-bond donors (Lipinski definition) is 2. The Morgan fingerprint density at radius 3 is 2.60 bits per heavy atom. The fourth-order valence-electron chi connectivity index (χ4n) is 1.20. The molecule has 0 aliphatic rings. The van der Waals surface area contributed by atoms with Gasteiger partial charge in [-0.2, -0.15) is 11.8 Å². The van der Waals surface area contributed by atoms with Crippen LogP contribution in [0.2, 0.25) is 0 Å². The zero-order chi connectivity index (χ0) is 11.1. The number of aliphatic hydroxyl groups excluding tert-OH is 1. The Morgan fingerprint density at radius 1 is 1.33 bits per heavy atom. The SMILES string of the molecule is O=C(O)CSCC[C@@H](O)c1ccccc1. The molecule has 0 fully saturated rings. The molecular weight excluding hydrogens is 212 g/mol. The lowest BCUT2D eigenvalue weighted by Crippen LogP contribution is -2.02. The number of aliphatic carboxylic acids is 1. The van der Waals surface area contributed by atoms with Crippen molar-refractivity contribution in [1.82, 2.24) is 0 Å². The van der Waals surface area contributed by atoms with E-state index in [1.54, 1.807) is 0 Å². The van der Waals surface area contributed by atoms with Gasteiger partial charge in [0, 0.05) is 0 Å². The number of carboxylic acid groups (broad SMARTS) is 1. The van der Waals surface area contributed by atoms with Crippen LogP contribution in [0.25, 0.3) is 0 Å².